The average molecular weight is 406 g/mol. The van der Waals surface area contributed by atoms with Gasteiger partial charge in [0.15, 0.2) is 5.75 Å². The SMILES string of the molecule is COc1ccc(NCC2C(=O)CCc3c2oc2cc(Cl)c(O)c(Cl)c32)cc1. The highest BCUT2D eigenvalue weighted by Crippen LogP contribution is 2.45. The van der Waals surface area contributed by atoms with Crippen LogP contribution in [0, 0.1) is 0 Å². The topological polar surface area (TPSA) is 71.7 Å². The molecule has 0 saturated heterocycles. The van der Waals surface area contributed by atoms with Crippen LogP contribution in [0.5, 0.6) is 11.5 Å². The van der Waals surface area contributed by atoms with Crippen molar-refractivity contribution in [2.75, 3.05) is 19.0 Å². The summed E-state index contributed by atoms with van der Waals surface area (Å²) in [5.74, 6) is 0.861. The number of aryl methyl sites for hydroxylation is 1. The number of rotatable bonds is 4. The molecule has 1 aliphatic carbocycles. The van der Waals surface area contributed by atoms with Gasteiger partial charge in [0, 0.05) is 35.7 Å². The van der Waals surface area contributed by atoms with E-state index in [9.17, 15) is 9.90 Å². The molecule has 2 aromatic carbocycles. The molecule has 0 spiro atoms. The summed E-state index contributed by atoms with van der Waals surface area (Å²) in [5.41, 5.74) is 2.23. The van der Waals surface area contributed by atoms with Gasteiger partial charge in [-0.2, -0.15) is 0 Å². The smallest absolute Gasteiger partial charge is 0.153 e. The molecule has 0 saturated carbocycles. The van der Waals surface area contributed by atoms with Crippen molar-refractivity contribution in [3.63, 3.8) is 0 Å². The fourth-order valence-electron chi connectivity index (χ4n) is 3.49. The minimum absolute atomic E-state index is 0.106. The monoisotopic (exact) mass is 405 g/mol. The van der Waals surface area contributed by atoms with Crippen LogP contribution in [0.4, 0.5) is 5.69 Å². The number of carbonyl (C=O) groups is 1. The maximum absolute atomic E-state index is 12.5. The van der Waals surface area contributed by atoms with Crippen LogP contribution in [0.3, 0.4) is 0 Å². The second-order valence-electron chi connectivity index (χ2n) is 6.47. The third-order valence-corrected chi connectivity index (χ3v) is 5.56. The number of carbonyl (C=O) groups excluding carboxylic acids is 1. The number of benzene rings is 2. The lowest BCUT2D eigenvalue weighted by molar-refractivity contribution is -0.121. The Morgan fingerprint density at radius 3 is 2.70 bits per heavy atom. The summed E-state index contributed by atoms with van der Waals surface area (Å²) in [6.45, 7) is 0.398. The van der Waals surface area contributed by atoms with E-state index in [1.807, 2.05) is 24.3 Å². The van der Waals surface area contributed by atoms with Gasteiger partial charge in [0.05, 0.1) is 23.1 Å². The van der Waals surface area contributed by atoms with Gasteiger partial charge in [-0.1, -0.05) is 23.2 Å². The molecule has 140 valence electrons. The lowest BCUT2D eigenvalue weighted by Gasteiger charge is -2.21. The van der Waals surface area contributed by atoms with Gasteiger partial charge in [0.2, 0.25) is 0 Å². The molecular weight excluding hydrogens is 389 g/mol. The average Bonchev–Trinajstić information content (AvgIpc) is 3.04. The Kier molecular flexibility index (Phi) is 4.66. The largest absolute Gasteiger partial charge is 0.505 e. The predicted octanol–water partition coefficient (Wildman–Crippen LogP) is 5.16. The van der Waals surface area contributed by atoms with E-state index in [0.29, 0.717) is 36.1 Å². The van der Waals surface area contributed by atoms with Crippen molar-refractivity contribution in [3.8, 4) is 11.5 Å². The lowest BCUT2D eigenvalue weighted by atomic mass is 9.86. The Bertz CT molecular complexity index is 1030. The van der Waals surface area contributed by atoms with Gasteiger partial charge in [0.1, 0.15) is 22.9 Å². The Balaban J connectivity index is 1.67. The van der Waals surface area contributed by atoms with Crippen molar-refractivity contribution in [2.24, 2.45) is 0 Å². The molecule has 7 heteroatoms. The maximum Gasteiger partial charge on any atom is 0.153 e. The van der Waals surface area contributed by atoms with Gasteiger partial charge in [0.25, 0.3) is 0 Å². The molecule has 27 heavy (non-hydrogen) atoms. The number of hydrogen-bond acceptors (Lipinski definition) is 5. The molecule has 0 fully saturated rings. The predicted molar refractivity (Wildman–Crippen MR) is 105 cm³/mol. The fraction of sp³-hybridized carbons (Fsp3) is 0.250. The first-order valence-corrected chi connectivity index (χ1v) is 9.28. The number of ether oxygens (including phenoxy) is 1. The van der Waals surface area contributed by atoms with Gasteiger partial charge < -0.3 is 19.6 Å². The van der Waals surface area contributed by atoms with E-state index in [4.69, 9.17) is 32.4 Å². The summed E-state index contributed by atoms with van der Waals surface area (Å²) in [7, 11) is 1.61. The van der Waals surface area contributed by atoms with Gasteiger partial charge in [-0.3, -0.25) is 4.79 Å². The third kappa shape index (κ3) is 3.11. The number of Topliss-reactive ketones (excluding diaryl/α,β-unsaturated/α-hetero) is 1. The minimum Gasteiger partial charge on any atom is -0.505 e. The Hall–Kier alpha value is -2.37. The van der Waals surface area contributed by atoms with E-state index in [1.165, 1.54) is 6.07 Å². The van der Waals surface area contributed by atoms with E-state index < -0.39 is 5.92 Å². The summed E-state index contributed by atoms with van der Waals surface area (Å²) < 4.78 is 11.1. The van der Waals surface area contributed by atoms with Crippen molar-refractivity contribution >= 4 is 45.6 Å². The van der Waals surface area contributed by atoms with Crippen molar-refractivity contribution < 1.29 is 19.1 Å². The molecule has 1 unspecified atom stereocenters. The lowest BCUT2D eigenvalue weighted by Crippen LogP contribution is -2.25. The minimum atomic E-state index is -0.430. The third-order valence-electron chi connectivity index (χ3n) is 4.90. The summed E-state index contributed by atoms with van der Waals surface area (Å²) >= 11 is 12.3. The molecule has 0 amide bonds. The molecular formula is C20H17Cl2NO4. The van der Waals surface area contributed by atoms with E-state index in [-0.39, 0.29) is 21.6 Å². The van der Waals surface area contributed by atoms with Crippen molar-refractivity contribution in [3.05, 3.63) is 51.7 Å². The normalized spacial score (nSPS) is 16.4. The molecule has 1 aromatic heterocycles. The summed E-state index contributed by atoms with van der Waals surface area (Å²) in [6, 6.07) is 9.01. The van der Waals surface area contributed by atoms with Crippen LogP contribution >= 0.6 is 23.2 Å². The van der Waals surface area contributed by atoms with E-state index in [0.717, 1.165) is 17.0 Å². The van der Waals surface area contributed by atoms with E-state index >= 15 is 0 Å². The number of hydrogen-bond donors (Lipinski definition) is 2. The van der Waals surface area contributed by atoms with Gasteiger partial charge >= 0.3 is 0 Å². The number of ketones is 1. The molecule has 2 N–H and O–H groups in total. The standard InChI is InChI=1S/C20H17Cl2NO4/c1-26-11-4-2-10(3-5-11)23-9-13-15(24)7-6-12-17-16(27-20(12)13)8-14(21)19(25)18(17)22/h2-5,8,13,23,25H,6-7,9H2,1H3. The summed E-state index contributed by atoms with van der Waals surface area (Å²) in [6.07, 6.45) is 0.928. The van der Waals surface area contributed by atoms with E-state index in [2.05, 4.69) is 5.32 Å². The summed E-state index contributed by atoms with van der Waals surface area (Å²) in [5, 5.41) is 14.2. The van der Waals surface area contributed by atoms with Crippen molar-refractivity contribution in [1.82, 2.24) is 0 Å². The van der Waals surface area contributed by atoms with Crippen LogP contribution in [-0.2, 0) is 11.2 Å². The maximum atomic E-state index is 12.5. The number of phenolic OH excluding ortho intramolecular Hbond substituents is 1. The number of fused-ring (bicyclic) bond motifs is 3. The number of anilines is 1. The zero-order valence-corrected chi connectivity index (χ0v) is 16.0. The van der Waals surface area contributed by atoms with Crippen LogP contribution in [0.2, 0.25) is 10.0 Å². The zero-order valence-electron chi connectivity index (χ0n) is 14.5. The molecule has 3 aromatic rings. The second-order valence-corrected chi connectivity index (χ2v) is 7.25. The van der Waals surface area contributed by atoms with Crippen LogP contribution in [0.15, 0.2) is 34.7 Å². The first-order valence-electron chi connectivity index (χ1n) is 8.52. The van der Waals surface area contributed by atoms with Crippen LogP contribution in [0.1, 0.15) is 23.7 Å². The molecule has 0 bridgehead atoms. The first-order chi connectivity index (χ1) is 13.0. The Morgan fingerprint density at radius 1 is 1.26 bits per heavy atom. The highest BCUT2D eigenvalue weighted by atomic mass is 35.5. The molecule has 1 heterocycles. The molecule has 1 aliphatic rings. The van der Waals surface area contributed by atoms with Crippen molar-refractivity contribution in [1.29, 1.82) is 0 Å². The van der Waals surface area contributed by atoms with Gasteiger partial charge in [-0.05, 0) is 30.7 Å². The number of furan rings is 1. The molecule has 1 atom stereocenters. The zero-order chi connectivity index (χ0) is 19.1. The van der Waals surface area contributed by atoms with Crippen LogP contribution in [-0.4, -0.2) is 24.5 Å². The molecule has 0 radical (unpaired) electrons. The number of aromatic hydroxyl groups is 1. The quantitative estimate of drug-likeness (QED) is 0.626. The van der Waals surface area contributed by atoms with Crippen LogP contribution < -0.4 is 10.1 Å². The Morgan fingerprint density at radius 2 is 2.00 bits per heavy atom. The first kappa shape index (κ1) is 18.0. The molecule has 4 rings (SSSR count). The summed E-state index contributed by atoms with van der Waals surface area (Å²) in [4.78, 5) is 12.5. The second kappa shape index (κ2) is 6.98. The highest BCUT2D eigenvalue weighted by molar-refractivity contribution is 6.41. The number of methoxy groups -OCH3 is 1. The highest BCUT2D eigenvalue weighted by Gasteiger charge is 2.34. The molecule has 5 nitrogen and oxygen atoms in total. The van der Waals surface area contributed by atoms with Gasteiger partial charge in [-0.25, -0.2) is 0 Å². The molecule has 0 aliphatic heterocycles. The number of phenols is 1. The Labute approximate surface area is 165 Å². The van der Waals surface area contributed by atoms with Crippen LogP contribution in [0.25, 0.3) is 11.0 Å². The fourth-order valence-corrected chi connectivity index (χ4v) is 4.04. The van der Waals surface area contributed by atoms with Gasteiger partial charge in [-0.15, -0.1) is 0 Å². The van der Waals surface area contributed by atoms with E-state index in [1.54, 1.807) is 7.11 Å². The van der Waals surface area contributed by atoms with Crippen molar-refractivity contribution in [2.45, 2.75) is 18.8 Å². The number of nitrogens with one attached hydrogen (secondary N) is 1. The number of halogens is 2.